The van der Waals surface area contributed by atoms with Crippen LogP contribution < -0.4 is 0 Å². The van der Waals surface area contributed by atoms with E-state index in [-0.39, 0.29) is 16.1 Å². The van der Waals surface area contributed by atoms with E-state index in [1.165, 1.54) is 18.2 Å². The van der Waals surface area contributed by atoms with Crippen molar-refractivity contribution in [3.63, 3.8) is 0 Å². The standard InChI is InChI=1S/C14H12F3IOS2/c1-13(7-18)8-20-12(21-13)6-11(19)9-2-4-10(5-3-9)14(15,16)17/h2-6H,7-8H2,1H3/b12-6+. The third kappa shape index (κ3) is 4.41. The average molecular weight is 444 g/mol. The normalized spacial score (nSPS) is 24.5. The van der Waals surface area contributed by atoms with Gasteiger partial charge in [-0.05, 0) is 19.1 Å². The Kier molecular flexibility index (Phi) is 5.36. The maximum Gasteiger partial charge on any atom is 0.416 e. The van der Waals surface area contributed by atoms with Crippen LogP contribution in [0.15, 0.2) is 34.6 Å². The lowest BCUT2D eigenvalue weighted by Crippen LogP contribution is -2.20. The molecule has 1 aromatic rings. The molecule has 1 nitrogen and oxygen atoms in total. The lowest BCUT2D eigenvalue weighted by molar-refractivity contribution is -0.137. The van der Waals surface area contributed by atoms with Crippen LogP contribution in [-0.2, 0) is 6.18 Å². The number of thioether (sulfide) groups is 2. The molecule has 0 aliphatic carbocycles. The topological polar surface area (TPSA) is 17.1 Å². The molecule has 0 spiro atoms. The van der Waals surface area contributed by atoms with Crippen molar-refractivity contribution in [3.05, 3.63) is 45.7 Å². The van der Waals surface area contributed by atoms with Crippen LogP contribution in [0.4, 0.5) is 13.2 Å². The predicted octanol–water partition coefficient (Wildman–Crippen LogP) is 5.40. The van der Waals surface area contributed by atoms with Crippen LogP contribution in [-0.4, -0.2) is 20.7 Å². The third-order valence-electron chi connectivity index (χ3n) is 2.90. The largest absolute Gasteiger partial charge is 0.416 e. The molecule has 114 valence electrons. The predicted molar refractivity (Wildman–Crippen MR) is 91.2 cm³/mol. The molecule has 7 heteroatoms. The highest BCUT2D eigenvalue weighted by Crippen LogP contribution is 2.49. The first-order valence-electron chi connectivity index (χ1n) is 6.05. The summed E-state index contributed by atoms with van der Waals surface area (Å²) in [4.78, 5) is 12.1. The molecule has 1 atom stereocenters. The fourth-order valence-electron chi connectivity index (χ4n) is 1.68. The molecule has 1 fully saturated rings. The molecule has 2 rings (SSSR count). The van der Waals surface area contributed by atoms with Gasteiger partial charge >= 0.3 is 6.18 Å². The van der Waals surface area contributed by atoms with E-state index in [9.17, 15) is 18.0 Å². The molecule has 1 aromatic carbocycles. The van der Waals surface area contributed by atoms with Crippen LogP contribution >= 0.6 is 46.1 Å². The first-order valence-corrected chi connectivity index (χ1v) is 9.37. The Morgan fingerprint density at radius 3 is 2.48 bits per heavy atom. The summed E-state index contributed by atoms with van der Waals surface area (Å²) >= 11 is 5.60. The van der Waals surface area contributed by atoms with Crippen LogP contribution in [0.2, 0.25) is 0 Å². The maximum absolute atomic E-state index is 12.5. The number of hydrogen-bond donors (Lipinski definition) is 0. The molecular weight excluding hydrogens is 432 g/mol. The number of halogens is 4. The minimum atomic E-state index is -4.38. The molecule has 1 aliphatic heterocycles. The van der Waals surface area contributed by atoms with Crippen molar-refractivity contribution in [3.8, 4) is 0 Å². The molecule has 21 heavy (non-hydrogen) atoms. The van der Waals surface area contributed by atoms with Crippen molar-refractivity contribution in [2.45, 2.75) is 17.8 Å². The highest BCUT2D eigenvalue weighted by atomic mass is 127. The summed E-state index contributed by atoms with van der Waals surface area (Å²) in [6, 6.07) is 4.33. The number of ketones is 1. The minimum Gasteiger partial charge on any atom is -0.289 e. The third-order valence-corrected chi connectivity index (χ3v) is 8.17. The number of carbonyl (C=O) groups is 1. The maximum atomic E-state index is 12.5. The highest BCUT2D eigenvalue weighted by molar-refractivity contribution is 14.1. The Hall–Kier alpha value is -0.150. The number of hydrogen-bond acceptors (Lipinski definition) is 3. The van der Waals surface area contributed by atoms with Crippen molar-refractivity contribution in [1.82, 2.24) is 0 Å². The summed E-state index contributed by atoms with van der Waals surface area (Å²) in [5.41, 5.74) is -0.464. The van der Waals surface area contributed by atoms with E-state index in [0.29, 0.717) is 0 Å². The van der Waals surface area contributed by atoms with Gasteiger partial charge in [0.25, 0.3) is 0 Å². The van der Waals surface area contributed by atoms with Crippen LogP contribution in [0.25, 0.3) is 0 Å². The van der Waals surface area contributed by atoms with Crippen molar-refractivity contribution < 1.29 is 18.0 Å². The van der Waals surface area contributed by atoms with Gasteiger partial charge in [-0.15, -0.1) is 23.5 Å². The van der Waals surface area contributed by atoms with Gasteiger partial charge in [-0.1, -0.05) is 34.7 Å². The number of benzene rings is 1. The van der Waals surface area contributed by atoms with Gasteiger partial charge in [-0.2, -0.15) is 13.2 Å². The second-order valence-electron chi connectivity index (χ2n) is 4.88. The summed E-state index contributed by atoms with van der Waals surface area (Å²) in [6.07, 6.45) is -2.85. The van der Waals surface area contributed by atoms with Crippen molar-refractivity contribution >= 4 is 51.9 Å². The molecule has 0 saturated carbocycles. The Bertz CT molecular complexity index is 569. The van der Waals surface area contributed by atoms with Gasteiger partial charge in [0.15, 0.2) is 5.78 Å². The van der Waals surface area contributed by atoms with Gasteiger partial charge in [0.05, 0.1) is 5.56 Å². The van der Waals surface area contributed by atoms with Gasteiger partial charge in [0, 0.05) is 30.8 Å². The Labute approximate surface area is 143 Å². The molecule has 0 radical (unpaired) electrons. The summed E-state index contributed by atoms with van der Waals surface area (Å²) in [5.74, 6) is 0.684. The molecule has 0 N–H and O–H groups in total. The number of alkyl halides is 4. The SMILES string of the molecule is CC1(CI)CS/C(=C\C(=O)c2ccc(C(F)(F)F)cc2)S1. The molecule has 0 amide bonds. The van der Waals surface area contributed by atoms with Crippen molar-refractivity contribution in [2.75, 3.05) is 10.2 Å². The van der Waals surface area contributed by atoms with E-state index >= 15 is 0 Å². The van der Waals surface area contributed by atoms with E-state index in [0.717, 1.165) is 26.6 Å². The Morgan fingerprint density at radius 2 is 2.00 bits per heavy atom. The second kappa shape index (κ2) is 6.54. The lowest BCUT2D eigenvalue weighted by atomic mass is 10.1. The zero-order valence-corrected chi connectivity index (χ0v) is 14.8. The van der Waals surface area contributed by atoms with Gasteiger partial charge in [0.1, 0.15) is 0 Å². The van der Waals surface area contributed by atoms with E-state index in [2.05, 4.69) is 29.5 Å². The fraction of sp³-hybridized carbons (Fsp3) is 0.357. The Morgan fingerprint density at radius 1 is 1.38 bits per heavy atom. The summed E-state index contributed by atoms with van der Waals surface area (Å²) in [5, 5.41) is 0. The number of carbonyl (C=O) groups excluding carboxylic acids is 1. The summed E-state index contributed by atoms with van der Waals surface area (Å²) in [7, 11) is 0. The molecule has 1 aliphatic rings. The monoisotopic (exact) mass is 444 g/mol. The van der Waals surface area contributed by atoms with Gasteiger partial charge in [0.2, 0.25) is 0 Å². The molecule has 0 aromatic heterocycles. The summed E-state index contributed by atoms with van der Waals surface area (Å²) in [6.45, 7) is 2.14. The van der Waals surface area contributed by atoms with Crippen LogP contribution in [0.3, 0.4) is 0 Å². The van der Waals surface area contributed by atoms with Gasteiger partial charge in [-0.25, -0.2) is 0 Å². The first kappa shape index (κ1) is 17.2. The zero-order valence-electron chi connectivity index (χ0n) is 11.0. The van der Waals surface area contributed by atoms with Crippen LogP contribution in [0.5, 0.6) is 0 Å². The first-order chi connectivity index (χ1) is 9.73. The highest BCUT2D eigenvalue weighted by Gasteiger charge is 2.33. The fourth-order valence-corrected chi connectivity index (χ4v) is 5.65. The zero-order chi connectivity index (χ0) is 15.7. The average Bonchev–Trinajstić information content (AvgIpc) is 2.80. The molecule has 1 unspecified atom stereocenters. The molecule has 1 saturated heterocycles. The van der Waals surface area contributed by atoms with E-state index in [1.807, 2.05) is 0 Å². The number of rotatable bonds is 3. The molecular formula is C14H12F3IOS2. The Balaban J connectivity index is 2.11. The lowest BCUT2D eigenvalue weighted by Gasteiger charge is -2.16. The van der Waals surface area contributed by atoms with Crippen molar-refractivity contribution in [2.24, 2.45) is 0 Å². The molecule has 1 heterocycles. The summed E-state index contributed by atoms with van der Waals surface area (Å²) < 4.78 is 39.4. The van der Waals surface area contributed by atoms with Crippen LogP contribution in [0, 0.1) is 0 Å². The second-order valence-corrected chi connectivity index (χ2v) is 8.54. The van der Waals surface area contributed by atoms with Gasteiger partial charge < -0.3 is 0 Å². The van der Waals surface area contributed by atoms with Gasteiger partial charge in [-0.3, -0.25) is 4.79 Å². The van der Waals surface area contributed by atoms with E-state index in [4.69, 9.17) is 0 Å². The van der Waals surface area contributed by atoms with E-state index < -0.39 is 11.7 Å². The quantitative estimate of drug-likeness (QED) is 0.269. The minimum absolute atomic E-state index is 0.123. The van der Waals surface area contributed by atoms with Crippen LogP contribution in [0.1, 0.15) is 22.8 Å². The van der Waals surface area contributed by atoms with E-state index in [1.54, 1.807) is 23.5 Å². The molecule has 0 bridgehead atoms. The smallest absolute Gasteiger partial charge is 0.289 e. The number of allylic oxidation sites excluding steroid dienone is 1. The van der Waals surface area contributed by atoms with Crippen molar-refractivity contribution in [1.29, 1.82) is 0 Å².